The van der Waals surface area contributed by atoms with Gasteiger partial charge in [0.2, 0.25) is 0 Å². The van der Waals surface area contributed by atoms with Gasteiger partial charge in [-0.25, -0.2) is 4.79 Å². The van der Waals surface area contributed by atoms with Gasteiger partial charge in [-0.3, -0.25) is 0 Å². The number of benzene rings is 1. The van der Waals surface area contributed by atoms with Gasteiger partial charge in [-0.05, 0) is 38.2 Å². The van der Waals surface area contributed by atoms with Gasteiger partial charge in [0.1, 0.15) is 0 Å². The van der Waals surface area contributed by atoms with Crippen molar-refractivity contribution in [3.8, 4) is 0 Å². The molecule has 1 aromatic rings. The fraction of sp³-hybridized carbons (Fsp3) is 0.500. The molecule has 1 N–H and O–H groups in total. The molecule has 2 rings (SSSR count). The largest absolute Gasteiger partial charge is 0.465 e. The molecule has 1 heterocycles. The summed E-state index contributed by atoms with van der Waals surface area (Å²) in [6, 6.07) is 8.67. The Morgan fingerprint density at radius 3 is 2.59 bits per heavy atom. The highest BCUT2D eigenvalue weighted by atomic mass is 16.4. The van der Waals surface area contributed by atoms with Crippen molar-refractivity contribution in [1.29, 1.82) is 0 Å². The minimum atomic E-state index is -0.788. The van der Waals surface area contributed by atoms with Crippen LogP contribution in [0, 0.1) is 12.8 Å². The minimum absolute atomic E-state index is 0.156. The van der Waals surface area contributed by atoms with Gasteiger partial charge in [0, 0.05) is 12.6 Å². The number of rotatable bonds is 2. The van der Waals surface area contributed by atoms with Crippen LogP contribution in [0.3, 0.4) is 0 Å². The van der Waals surface area contributed by atoms with Crippen molar-refractivity contribution in [2.75, 3.05) is 6.54 Å². The number of hydrogen-bond acceptors (Lipinski definition) is 1. The van der Waals surface area contributed by atoms with Crippen LogP contribution in [0.15, 0.2) is 24.3 Å². The first kappa shape index (κ1) is 12.0. The topological polar surface area (TPSA) is 40.5 Å². The molecule has 3 nitrogen and oxygen atoms in total. The van der Waals surface area contributed by atoms with Crippen LogP contribution >= 0.6 is 0 Å². The molecule has 2 atom stereocenters. The maximum atomic E-state index is 11.0. The fourth-order valence-corrected chi connectivity index (χ4v) is 2.61. The predicted octanol–water partition coefficient (Wildman–Crippen LogP) is 2.93. The predicted molar refractivity (Wildman–Crippen MR) is 67.2 cm³/mol. The second-order valence-corrected chi connectivity index (χ2v) is 5.08. The zero-order chi connectivity index (χ0) is 12.4. The zero-order valence-corrected chi connectivity index (χ0v) is 10.4. The summed E-state index contributed by atoms with van der Waals surface area (Å²) in [5.41, 5.74) is 2.57. The number of aryl methyl sites for hydroxylation is 1. The lowest BCUT2D eigenvalue weighted by molar-refractivity contribution is 0.142. The Morgan fingerprint density at radius 2 is 2.06 bits per heavy atom. The van der Waals surface area contributed by atoms with Crippen LogP contribution in [0.4, 0.5) is 4.79 Å². The van der Waals surface area contributed by atoms with Gasteiger partial charge in [-0.2, -0.15) is 0 Å². The van der Waals surface area contributed by atoms with Crippen LogP contribution in [0.25, 0.3) is 0 Å². The van der Waals surface area contributed by atoms with E-state index in [1.54, 1.807) is 4.90 Å². The number of carbonyl (C=O) groups is 1. The van der Waals surface area contributed by atoms with E-state index in [1.165, 1.54) is 11.1 Å². The average Bonchev–Trinajstić information content (AvgIpc) is 2.63. The summed E-state index contributed by atoms with van der Waals surface area (Å²) in [7, 11) is 0. The number of likely N-dealkylation sites (tertiary alicyclic amines) is 1. The van der Waals surface area contributed by atoms with E-state index >= 15 is 0 Å². The lowest BCUT2D eigenvalue weighted by Gasteiger charge is -2.16. The number of nitrogens with zero attached hydrogens (tertiary/aromatic N) is 1. The van der Waals surface area contributed by atoms with Gasteiger partial charge in [0.15, 0.2) is 0 Å². The van der Waals surface area contributed by atoms with Gasteiger partial charge in [0.05, 0.1) is 0 Å². The zero-order valence-electron chi connectivity index (χ0n) is 10.4. The van der Waals surface area contributed by atoms with Crippen LogP contribution in [-0.2, 0) is 6.42 Å². The second-order valence-electron chi connectivity index (χ2n) is 5.08. The quantitative estimate of drug-likeness (QED) is 0.853. The molecule has 0 unspecified atom stereocenters. The van der Waals surface area contributed by atoms with Crippen LogP contribution in [0.2, 0.25) is 0 Å². The van der Waals surface area contributed by atoms with E-state index in [1.807, 2.05) is 6.92 Å². The lowest BCUT2D eigenvalue weighted by Crippen LogP contribution is -2.32. The van der Waals surface area contributed by atoms with Gasteiger partial charge in [0.25, 0.3) is 0 Å². The average molecular weight is 233 g/mol. The molecule has 0 aromatic heterocycles. The Morgan fingerprint density at radius 1 is 1.41 bits per heavy atom. The summed E-state index contributed by atoms with van der Waals surface area (Å²) in [5.74, 6) is 0.462. The van der Waals surface area contributed by atoms with E-state index in [2.05, 4.69) is 31.2 Å². The summed E-state index contributed by atoms with van der Waals surface area (Å²) in [6.07, 6.45) is 1.16. The van der Waals surface area contributed by atoms with Crippen molar-refractivity contribution in [3.63, 3.8) is 0 Å². The third-order valence-corrected chi connectivity index (χ3v) is 3.55. The molecule has 3 heteroatoms. The summed E-state index contributed by atoms with van der Waals surface area (Å²) in [4.78, 5) is 12.5. The standard InChI is InChI=1S/C14H19NO2/c1-10-3-5-12(6-4-10)8-13-7-11(2)15(9-13)14(16)17/h3-6,11,13H,7-9H2,1-2H3,(H,16,17)/t11-,13-/m1/s1. The molecule has 1 aliphatic heterocycles. The molecule has 0 aliphatic carbocycles. The monoisotopic (exact) mass is 233 g/mol. The summed E-state index contributed by atoms with van der Waals surface area (Å²) >= 11 is 0. The molecule has 0 radical (unpaired) electrons. The van der Waals surface area contributed by atoms with Crippen LogP contribution in [-0.4, -0.2) is 28.7 Å². The van der Waals surface area contributed by atoms with E-state index in [9.17, 15) is 4.79 Å². The lowest BCUT2D eigenvalue weighted by atomic mass is 9.96. The van der Waals surface area contributed by atoms with E-state index in [0.717, 1.165) is 12.8 Å². The third-order valence-electron chi connectivity index (χ3n) is 3.55. The molecule has 1 aromatic carbocycles. The molecule has 0 saturated carbocycles. The van der Waals surface area contributed by atoms with Crippen molar-refractivity contribution in [3.05, 3.63) is 35.4 Å². The molecule has 1 amide bonds. The SMILES string of the molecule is Cc1ccc(C[C@H]2C[C@@H](C)N(C(=O)O)C2)cc1. The first-order valence-electron chi connectivity index (χ1n) is 6.11. The molecule has 1 saturated heterocycles. The molecule has 1 aliphatic rings. The Bertz CT molecular complexity index is 399. The third kappa shape index (κ3) is 2.78. The smallest absolute Gasteiger partial charge is 0.407 e. The fourth-order valence-electron chi connectivity index (χ4n) is 2.61. The van der Waals surface area contributed by atoms with Gasteiger partial charge in [-0.15, -0.1) is 0 Å². The van der Waals surface area contributed by atoms with Crippen LogP contribution in [0.1, 0.15) is 24.5 Å². The molecule has 17 heavy (non-hydrogen) atoms. The van der Waals surface area contributed by atoms with Crippen molar-refractivity contribution >= 4 is 6.09 Å². The van der Waals surface area contributed by atoms with Crippen LogP contribution in [0.5, 0.6) is 0 Å². The highest BCUT2D eigenvalue weighted by molar-refractivity contribution is 5.65. The van der Waals surface area contributed by atoms with E-state index in [-0.39, 0.29) is 6.04 Å². The summed E-state index contributed by atoms with van der Waals surface area (Å²) < 4.78 is 0. The van der Waals surface area contributed by atoms with E-state index in [0.29, 0.717) is 12.5 Å². The van der Waals surface area contributed by atoms with Crippen LogP contribution < -0.4 is 0 Å². The molecular formula is C14H19NO2. The van der Waals surface area contributed by atoms with Crippen molar-refractivity contribution in [1.82, 2.24) is 4.90 Å². The van der Waals surface area contributed by atoms with E-state index < -0.39 is 6.09 Å². The first-order chi connectivity index (χ1) is 8.06. The molecule has 0 bridgehead atoms. The molecular weight excluding hydrogens is 214 g/mol. The van der Waals surface area contributed by atoms with E-state index in [4.69, 9.17) is 5.11 Å². The van der Waals surface area contributed by atoms with Crippen molar-refractivity contribution in [2.45, 2.75) is 32.7 Å². The van der Waals surface area contributed by atoms with Gasteiger partial charge < -0.3 is 10.0 Å². The summed E-state index contributed by atoms with van der Waals surface area (Å²) in [5, 5.41) is 9.03. The summed E-state index contributed by atoms with van der Waals surface area (Å²) in [6.45, 7) is 4.74. The Labute approximate surface area is 102 Å². The molecule has 0 spiro atoms. The highest BCUT2D eigenvalue weighted by Gasteiger charge is 2.31. The van der Waals surface area contributed by atoms with Gasteiger partial charge in [-0.1, -0.05) is 29.8 Å². The normalized spacial score (nSPS) is 24.0. The Kier molecular flexibility index (Phi) is 3.36. The molecule has 1 fully saturated rings. The van der Waals surface area contributed by atoms with Gasteiger partial charge >= 0.3 is 6.09 Å². The number of amides is 1. The Balaban J connectivity index is 1.97. The molecule has 92 valence electrons. The van der Waals surface area contributed by atoms with Crippen molar-refractivity contribution in [2.24, 2.45) is 5.92 Å². The maximum absolute atomic E-state index is 11.0. The minimum Gasteiger partial charge on any atom is -0.465 e. The number of hydrogen-bond donors (Lipinski definition) is 1. The second kappa shape index (κ2) is 4.78. The maximum Gasteiger partial charge on any atom is 0.407 e. The Hall–Kier alpha value is -1.51. The number of carboxylic acid groups (broad SMARTS) is 1. The highest BCUT2D eigenvalue weighted by Crippen LogP contribution is 2.26. The first-order valence-corrected chi connectivity index (χ1v) is 6.11. The van der Waals surface area contributed by atoms with Crippen molar-refractivity contribution < 1.29 is 9.90 Å².